The highest BCUT2D eigenvalue weighted by Crippen LogP contribution is 2.42. The largest absolute Gasteiger partial charge is 0.325 e. The van der Waals surface area contributed by atoms with Crippen LogP contribution in [0, 0.1) is 12.8 Å². The fourth-order valence-electron chi connectivity index (χ4n) is 1.84. The first-order chi connectivity index (χ1) is 6.10. The molecule has 1 aromatic carbocycles. The number of aryl methyl sites for hydroxylation is 1. The zero-order valence-electron chi connectivity index (χ0n) is 8.38. The van der Waals surface area contributed by atoms with Crippen LogP contribution in [0.5, 0.6) is 0 Å². The summed E-state index contributed by atoms with van der Waals surface area (Å²) in [6.07, 6.45) is 2.22. The number of hydrogen-bond donors (Lipinski definition) is 1. The highest BCUT2D eigenvalue weighted by Gasteiger charge is 2.46. The van der Waals surface area contributed by atoms with E-state index in [9.17, 15) is 0 Å². The smallest absolute Gasteiger partial charge is 0.0224 e. The van der Waals surface area contributed by atoms with Crippen molar-refractivity contribution in [3.8, 4) is 0 Å². The van der Waals surface area contributed by atoms with Gasteiger partial charge in [0.2, 0.25) is 0 Å². The minimum absolute atomic E-state index is 0.106. The van der Waals surface area contributed by atoms with E-state index in [1.54, 1.807) is 0 Å². The second-order valence-corrected chi connectivity index (χ2v) is 4.50. The van der Waals surface area contributed by atoms with Gasteiger partial charge in [-0.05, 0) is 31.2 Å². The van der Waals surface area contributed by atoms with E-state index in [0.717, 1.165) is 6.42 Å². The Morgan fingerprint density at radius 2 is 1.92 bits per heavy atom. The molecular weight excluding hydrogens is 158 g/mol. The fourth-order valence-corrected chi connectivity index (χ4v) is 1.84. The molecule has 0 aromatic heterocycles. The van der Waals surface area contributed by atoms with Gasteiger partial charge in [-0.3, -0.25) is 0 Å². The van der Waals surface area contributed by atoms with Crippen LogP contribution in [0.2, 0.25) is 0 Å². The lowest BCUT2D eigenvalue weighted by Gasteiger charge is -2.09. The van der Waals surface area contributed by atoms with Gasteiger partial charge in [0.15, 0.2) is 0 Å². The van der Waals surface area contributed by atoms with Crippen molar-refractivity contribution in [2.75, 3.05) is 0 Å². The van der Waals surface area contributed by atoms with Crippen molar-refractivity contribution in [2.24, 2.45) is 11.7 Å². The van der Waals surface area contributed by atoms with E-state index in [2.05, 4.69) is 38.1 Å². The Labute approximate surface area is 80.0 Å². The number of benzene rings is 1. The van der Waals surface area contributed by atoms with Crippen LogP contribution in [0.15, 0.2) is 24.3 Å². The fraction of sp³-hybridized carbons (Fsp3) is 0.500. The topological polar surface area (TPSA) is 26.0 Å². The standard InChI is InChI=1S/C12H17N/c1-9-3-5-11(6-4-9)8-12(13)7-10(12)2/h3-6,10H,7-8,13H2,1-2H3. The average Bonchev–Trinajstić information content (AvgIpc) is 2.65. The molecule has 0 bridgehead atoms. The van der Waals surface area contributed by atoms with E-state index < -0.39 is 0 Å². The molecule has 1 aliphatic rings. The van der Waals surface area contributed by atoms with Gasteiger partial charge in [0.1, 0.15) is 0 Å². The van der Waals surface area contributed by atoms with E-state index in [1.165, 1.54) is 17.5 Å². The molecule has 2 atom stereocenters. The Morgan fingerprint density at radius 3 is 2.38 bits per heavy atom. The van der Waals surface area contributed by atoms with Gasteiger partial charge in [-0.25, -0.2) is 0 Å². The van der Waals surface area contributed by atoms with Gasteiger partial charge in [-0.1, -0.05) is 36.8 Å². The van der Waals surface area contributed by atoms with Crippen LogP contribution in [0.25, 0.3) is 0 Å². The van der Waals surface area contributed by atoms with Crippen LogP contribution in [0.1, 0.15) is 24.5 Å². The highest BCUT2D eigenvalue weighted by molar-refractivity contribution is 5.25. The van der Waals surface area contributed by atoms with Crippen molar-refractivity contribution in [2.45, 2.75) is 32.2 Å². The summed E-state index contributed by atoms with van der Waals surface area (Å²) in [5.41, 5.74) is 8.96. The first-order valence-electron chi connectivity index (χ1n) is 4.94. The van der Waals surface area contributed by atoms with Crippen LogP contribution in [0.4, 0.5) is 0 Å². The summed E-state index contributed by atoms with van der Waals surface area (Å²) in [5, 5.41) is 0. The van der Waals surface area contributed by atoms with E-state index in [1.807, 2.05) is 0 Å². The molecule has 13 heavy (non-hydrogen) atoms. The van der Waals surface area contributed by atoms with Crippen molar-refractivity contribution in [3.05, 3.63) is 35.4 Å². The molecule has 0 aliphatic heterocycles. The molecule has 0 heterocycles. The quantitative estimate of drug-likeness (QED) is 0.733. The predicted molar refractivity (Wildman–Crippen MR) is 55.6 cm³/mol. The molecule has 70 valence electrons. The van der Waals surface area contributed by atoms with E-state index >= 15 is 0 Å². The third-order valence-electron chi connectivity index (χ3n) is 3.16. The third-order valence-corrected chi connectivity index (χ3v) is 3.16. The lowest BCUT2D eigenvalue weighted by molar-refractivity contribution is 0.615. The predicted octanol–water partition coefficient (Wildman–Crippen LogP) is 2.27. The van der Waals surface area contributed by atoms with Gasteiger partial charge in [0.25, 0.3) is 0 Å². The Hall–Kier alpha value is -0.820. The molecular formula is C12H17N. The maximum absolute atomic E-state index is 6.16. The number of hydrogen-bond acceptors (Lipinski definition) is 1. The Morgan fingerprint density at radius 1 is 1.38 bits per heavy atom. The molecule has 1 heteroatoms. The molecule has 0 spiro atoms. The van der Waals surface area contributed by atoms with Gasteiger partial charge in [-0.15, -0.1) is 0 Å². The van der Waals surface area contributed by atoms with Crippen LogP contribution in [-0.2, 0) is 6.42 Å². The zero-order chi connectivity index (χ0) is 9.47. The summed E-state index contributed by atoms with van der Waals surface area (Å²) < 4.78 is 0. The SMILES string of the molecule is Cc1ccc(CC2(N)CC2C)cc1. The maximum atomic E-state index is 6.16. The molecule has 1 aliphatic carbocycles. The lowest BCUT2D eigenvalue weighted by atomic mass is 10.0. The van der Waals surface area contributed by atoms with Crippen LogP contribution in [0.3, 0.4) is 0 Å². The van der Waals surface area contributed by atoms with Gasteiger partial charge in [-0.2, -0.15) is 0 Å². The van der Waals surface area contributed by atoms with Gasteiger partial charge >= 0.3 is 0 Å². The molecule has 2 N–H and O–H groups in total. The second kappa shape index (κ2) is 2.85. The van der Waals surface area contributed by atoms with Crippen LogP contribution in [-0.4, -0.2) is 5.54 Å². The van der Waals surface area contributed by atoms with Gasteiger partial charge < -0.3 is 5.73 Å². The molecule has 1 aromatic rings. The van der Waals surface area contributed by atoms with Crippen LogP contribution < -0.4 is 5.73 Å². The summed E-state index contributed by atoms with van der Waals surface area (Å²) >= 11 is 0. The van der Waals surface area contributed by atoms with Gasteiger partial charge in [0.05, 0.1) is 0 Å². The molecule has 0 amide bonds. The molecule has 0 radical (unpaired) electrons. The number of nitrogens with two attached hydrogens (primary N) is 1. The monoisotopic (exact) mass is 175 g/mol. The first-order valence-corrected chi connectivity index (χ1v) is 4.94. The molecule has 2 unspecified atom stereocenters. The Bertz CT molecular complexity index is 301. The normalized spacial score (nSPS) is 31.8. The third kappa shape index (κ3) is 1.75. The summed E-state index contributed by atoms with van der Waals surface area (Å²) in [6.45, 7) is 4.34. The summed E-state index contributed by atoms with van der Waals surface area (Å²) in [6, 6.07) is 8.70. The second-order valence-electron chi connectivity index (χ2n) is 4.50. The Balaban J connectivity index is 2.07. The number of rotatable bonds is 2. The minimum atomic E-state index is 0.106. The summed E-state index contributed by atoms with van der Waals surface area (Å²) in [7, 11) is 0. The molecule has 1 saturated carbocycles. The van der Waals surface area contributed by atoms with Gasteiger partial charge in [0, 0.05) is 5.54 Å². The molecule has 1 fully saturated rings. The summed E-state index contributed by atoms with van der Waals surface area (Å²) in [4.78, 5) is 0. The molecule has 0 saturated heterocycles. The lowest BCUT2D eigenvalue weighted by Crippen LogP contribution is -2.27. The highest BCUT2D eigenvalue weighted by atomic mass is 14.8. The van der Waals surface area contributed by atoms with Crippen molar-refractivity contribution in [1.29, 1.82) is 0 Å². The van der Waals surface area contributed by atoms with E-state index in [-0.39, 0.29) is 5.54 Å². The van der Waals surface area contributed by atoms with E-state index in [4.69, 9.17) is 5.73 Å². The van der Waals surface area contributed by atoms with Crippen molar-refractivity contribution < 1.29 is 0 Å². The minimum Gasteiger partial charge on any atom is -0.325 e. The zero-order valence-corrected chi connectivity index (χ0v) is 8.38. The van der Waals surface area contributed by atoms with Crippen LogP contribution >= 0.6 is 0 Å². The van der Waals surface area contributed by atoms with Crippen molar-refractivity contribution in [1.82, 2.24) is 0 Å². The molecule has 1 nitrogen and oxygen atoms in total. The van der Waals surface area contributed by atoms with Crippen molar-refractivity contribution >= 4 is 0 Å². The first kappa shape index (κ1) is 8.76. The van der Waals surface area contributed by atoms with Crippen molar-refractivity contribution in [3.63, 3.8) is 0 Å². The Kier molecular flexibility index (Phi) is 1.92. The summed E-state index contributed by atoms with van der Waals surface area (Å²) in [5.74, 6) is 0.703. The van der Waals surface area contributed by atoms with E-state index in [0.29, 0.717) is 5.92 Å². The average molecular weight is 175 g/mol. The molecule has 2 rings (SSSR count). The maximum Gasteiger partial charge on any atom is 0.0224 e.